The normalized spacial score (nSPS) is 12.3. The molecule has 0 aliphatic rings. The highest BCUT2D eigenvalue weighted by molar-refractivity contribution is 5.15. The largest absolute Gasteiger partial charge is 0.364 e. The van der Waals surface area contributed by atoms with Crippen molar-refractivity contribution in [2.24, 2.45) is 0 Å². The maximum Gasteiger partial charge on any atom is 0.181 e. The SMILES string of the molecule is OC(OCCc1ccccn1)c1ccccc1. The fourth-order valence-electron chi connectivity index (χ4n) is 1.54. The van der Waals surface area contributed by atoms with Crippen LogP contribution in [0.25, 0.3) is 0 Å². The molecule has 1 aromatic heterocycles. The molecule has 1 unspecified atom stereocenters. The number of aromatic nitrogens is 1. The number of benzene rings is 1. The van der Waals surface area contributed by atoms with Crippen LogP contribution in [0, 0.1) is 0 Å². The van der Waals surface area contributed by atoms with Crippen LogP contribution in [0.4, 0.5) is 0 Å². The van der Waals surface area contributed by atoms with Crippen LogP contribution in [0.3, 0.4) is 0 Å². The summed E-state index contributed by atoms with van der Waals surface area (Å²) in [7, 11) is 0. The lowest BCUT2D eigenvalue weighted by Gasteiger charge is -2.11. The summed E-state index contributed by atoms with van der Waals surface area (Å²) in [5.41, 5.74) is 1.74. The molecule has 0 saturated carbocycles. The molecular formula is C14H15NO2. The summed E-state index contributed by atoms with van der Waals surface area (Å²) in [5, 5.41) is 9.76. The molecule has 0 spiro atoms. The third-order valence-electron chi connectivity index (χ3n) is 2.44. The highest BCUT2D eigenvalue weighted by Crippen LogP contribution is 2.13. The average Bonchev–Trinajstić information content (AvgIpc) is 2.41. The molecule has 1 atom stereocenters. The van der Waals surface area contributed by atoms with Gasteiger partial charge in [-0.2, -0.15) is 0 Å². The van der Waals surface area contributed by atoms with Gasteiger partial charge >= 0.3 is 0 Å². The van der Waals surface area contributed by atoms with Crippen molar-refractivity contribution in [2.75, 3.05) is 6.61 Å². The summed E-state index contributed by atoms with van der Waals surface area (Å²) in [6.07, 6.45) is 1.59. The van der Waals surface area contributed by atoms with Crippen molar-refractivity contribution in [1.29, 1.82) is 0 Å². The number of aliphatic hydroxyl groups is 1. The number of rotatable bonds is 5. The van der Waals surface area contributed by atoms with E-state index >= 15 is 0 Å². The molecule has 3 heteroatoms. The van der Waals surface area contributed by atoms with E-state index in [1.54, 1.807) is 6.20 Å². The lowest BCUT2D eigenvalue weighted by Crippen LogP contribution is -2.06. The Kier molecular flexibility index (Phi) is 4.24. The molecular weight excluding hydrogens is 214 g/mol. The van der Waals surface area contributed by atoms with E-state index in [1.807, 2.05) is 48.5 Å². The molecule has 1 aromatic carbocycles. The highest BCUT2D eigenvalue weighted by atomic mass is 16.6. The standard InChI is InChI=1S/C14H15NO2/c16-14(12-6-2-1-3-7-12)17-11-9-13-8-4-5-10-15-13/h1-8,10,14,16H,9,11H2. The first kappa shape index (κ1) is 11.8. The van der Waals surface area contributed by atoms with E-state index in [4.69, 9.17) is 4.74 Å². The fraction of sp³-hybridized carbons (Fsp3) is 0.214. The van der Waals surface area contributed by atoms with E-state index in [0.29, 0.717) is 13.0 Å². The number of hydrogen-bond donors (Lipinski definition) is 1. The van der Waals surface area contributed by atoms with Crippen LogP contribution in [0.5, 0.6) is 0 Å². The van der Waals surface area contributed by atoms with Gasteiger partial charge in [-0.25, -0.2) is 0 Å². The quantitative estimate of drug-likeness (QED) is 0.800. The van der Waals surface area contributed by atoms with Crippen molar-refractivity contribution in [3.05, 3.63) is 66.0 Å². The van der Waals surface area contributed by atoms with E-state index in [0.717, 1.165) is 11.3 Å². The van der Waals surface area contributed by atoms with E-state index in [-0.39, 0.29) is 0 Å². The lowest BCUT2D eigenvalue weighted by atomic mass is 10.2. The lowest BCUT2D eigenvalue weighted by molar-refractivity contribution is -0.102. The Labute approximate surface area is 101 Å². The Morgan fingerprint density at radius 3 is 2.53 bits per heavy atom. The highest BCUT2D eigenvalue weighted by Gasteiger charge is 2.06. The van der Waals surface area contributed by atoms with Crippen molar-refractivity contribution in [1.82, 2.24) is 4.98 Å². The molecule has 0 aliphatic carbocycles. The maximum atomic E-state index is 9.76. The number of aliphatic hydroxyl groups excluding tert-OH is 1. The van der Waals surface area contributed by atoms with Crippen LogP contribution in [-0.4, -0.2) is 16.7 Å². The average molecular weight is 229 g/mol. The van der Waals surface area contributed by atoms with E-state index in [1.165, 1.54) is 0 Å². The van der Waals surface area contributed by atoms with Crippen molar-refractivity contribution in [2.45, 2.75) is 12.7 Å². The van der Waals surface area contributed by atoms with Crippen molar-refractivity contribution in [3.63, 3.8) is 0 Å². The van der Waals surface area contributed by atoms with Gasteiger partial charge in [-0.1, -0.05) is 36.4 Å². The topological polar surface area (TPSA) is 42.4 Å². The zero-order valence-corrected chi connectivity index (χ0v) is 9.49. The number of pyridine rings is 1. The van der Waals surface area contributed by atoms with E-state index < -0.39 is 6.29 Å². The monoisotopic (exact) mass is 229 g/mol. The van der Waals surface area contributed by atoms with Crippen LogP contribution < -0.4 is 0 Å². The zero-order valence-electron chi connectivity index (χ0n) is 9.49. The van der Waals surface area contributed by atoms with E-state index in [9.17, 15) is 5.11 Å². The summed E-state index contributed by atoms with van der Waals surface area (Å²) in [6.45, 7) is 0.451. The zero-order chi connectivity index (χ0) is 11.9. The Balaban J connectivity index is 1.79. The molecule has 3 nitrogen and oxygen atoms in total. The van der Waals surface area contributed by atoms with Crippen LogP contribution in [0.1, 0.15) is 17.5 Å². The summed E-state index contributed by atoms with van der Waals surface area (Å²) >= 11 is 0. The van der Waals surface area contributed by atoms with Crippen molar-refractivity contribution in [3.8, 4) is 0 Å². The van der Waals surface area contributed by atoms with Crippen LogP contribution in [0.2, 0.25) is 0 Å². The van der Waals surface area contributed by atoms with Gasteiger partial charge in [0, 0.05) is 23.9 Å². The summed E-state index contributed by atoms with van der Waals surface area (Å²) in [6, 6.07) is 15.1. The second-order valence-electron chi connectivity index (χ2n) is 3.70. The summed E-state index contributed by atoms with van der Waals surface area (Å²) in [4.78, 5) is 4.19. The molecule has 2 rings (SSSR count). The van der Waals surface area contributed by atoms with Gasteiger partial charge in [0.2, 0.25) is 0 Å². The third-order valence-corrected chi connectivity index (χ3v) is 2.44. The first-order valence-corrected chi connectivity index (χ1v) is 5.61. The van der Waals surface area contributed by atoms with Crippen molar-refractivity contribution < 1.29 is 9.84 Å². The van der Waals surface area contributed by atoms with Crippen molar-refractivity contribution >= 4 is 0 Å². The van der Waals surface area contributed by atoms with Gasteiger partial charge < -0.3 is 9.84 Å². The van der Waals surface area contributed by atoms with Crippen LogP contribution in [-0.2, 0) is 11.2 Å². The summed E-state index contributed by atoms with van der Waals surface area (Å²) < 4.78 is 5.35. The molecule has 1 heterocycles. The Hall–Kier alpha value is -1.71. The van der Waals surface area contributed by atoms with E-state index in [2.05, 4.69) is 4.98 Å². The minimum atomic E-state index is -0.861. The first-order chi connectivity index (χ1) is 8.36. The summed E-state index contributed by atoms with van der Waals surface area (Å²) in [5.74, 6) is 0. The van der Waals surface area contributed by atoms with Gasteiger partial charge in [-0.3, -0.25) is 4.98 Å². The van der Waals surface area contributed by atoms with Gasteiger partial charge in [0.1, 0.15) is 0 Å². The number of nitrogens with zero attached hydrogens (tertiary/aromatic N) is 1. The fourth-order valence-corrected chi connectivity index (χ4v) is 1.54. The molecule has 0 amide bonds. The molecule has 88 valence electrons. The molecule has 17 heavy (non-hydrogen) atoms. The van der Waals surface area contributed by atoms with Gasteiger partial charge in [-0.05, 0) is 12.1 Å². The molecule has 0 bridgehead atoms. The molecule has 0 aliphatic heterocycles. The predicted octanol–water partition coefficient (Wildman–Crippen LogP) is 2.33. The Morgan fingerprint density at radius 1 is 1.06 bits per heavy atom. The number of ether oxygens (including phenoxy) is 1. The second kappa shape index (κ2) is 6.13. The smallest absolute Gasteiger partial charge is 0.181 e. The third kappa shape index (κ3) is 3.66. The maximum absolute atomic E-state index is 9.76. The molecule has 2 aromatic rings. The van der Waals surface area contributed by atoms with Gasteiger partial charge in [-0.15, -0.1) is 0 Å². The van der Waals surface area contributed by atoms with Crippen LogP contribution >= 0.6 is 0 Å². The number of hydrogen-bond acceptors (Lipinski definition) is 3. The minimum absolute atomic E-state index is 0.451. The molecule has 1 N–H and O–H groups in total. The van der Waals surface area contributed by atoms with Crippen LogP contribution in [0.15, 0.2) is 54.7 Å². The van der Waals surface area contributed by atoms with Gasteiger partial charge in [0.05, 0.1) is 6.61 Å². The second-order valence-corrected chi connectivity index (χ2v) is 3.70. The van der Waals surface area contributed by atoms with Gasteiger partial charge in [0.25, 0.3) is 0 Å². The Bertz CT molecular complexity index is 430. The Morgan fingerprint density at radius 2 is 1.82 bits per heavy atom. The molecule has 0 saturated heterocycles. The predicted molar refractivity (Wildman–Crippen MR) is 65.3 cm³/mol. The van der Waals surface area contributed by atoms with Gasteiger partial charge in [0.15, 0.2) is 6.29 Å². The molecule has 0 radical (unpaired) electrons. The molecule has 0 fully saturated rings. The first-order valence-electron chi connectivity index (χ1n) is 5.61. The minimum Gasteiger partial charge on any atom is -0.364 e.